The Labute approximate surface area is 254 Å². The molecule has 0 fully saturated rings. The Balaban J connectivity index is 1.11. The maximum absolute atomic E-state index is 12.6. The minimum Gasteiger partial charge on any atom is -0.484 e. The van der Waals surface area contributed by atoms with Gasteiger partial charge in [-0.3, -0.25) is 9.59 Å². The van der Waals surface area contributed by atoms with Crippen LogP contribution in [0.25, 0.3) is 11.3 Å². The van der Waals surface area contributed by atoms with Gasteiger partial charge in [-0.2, -0.15) is 5.10 Å². The van der Waals surface area contributed by atoms with Gasteiger partial charge in [-0.05, 0) is 79.9 Å². The first kappa shape index (κ1) is 29.2. The van der Waals surface area contributed by atoms with E-state index >= 15 is 0 Å². The van der Waals surface area contributed by atoms with Crippen molar-refractivity contribution in [1.29, 1.82) is 0 Å². The molecule has 0 aliphatic carbocycles. The Morgan fingerprint density at radius 3 is 2.47 bits per heavy atom. The van der Waals surface area contributed by atoms with Crippen LogP contribution in [0.3, 0.4) is 0 Å². The quantitative estimate of drug-likeness (QED) is 0.117. The first-order valence-electron chi connectivity index (χ1n) is 13.7. The van der Waals surface area contributed by atoms with Crippen molar-refractivity contribution in [3.05, 3.63) is 124 Å². The fourth-order valence-electron chi connectivity index (χ4n) is 4.14. The zero-order chi connectivity index (χ0) is 30.2. The van der Waals surface area contributed by atoms with Crippen LogP contribution in [0.1, 0.15) is 32.6 Å². The lowest BCUT2D eigenvalue weighted by atomic mass is 10.1. The average Bonchev–Trinajstić information content (AvgIpc) is 3.48. The minimum atomic E-state index is -0.335. The molecule has 8 nitrogen and oxygen atoms in total. The summed E-state index contributed by atoms with van der Waals surface area (Å²) >= 11 is 1.52. The molecule has 0 saturated heterocycles. The van der Waals surface area contributed by atoms with Gasteiger partial charge in [0.2, 0.25) is 0 Å². The van der Waals surface area contributed by atoms with Gasteiger partial charge < -0.3 is 15.4 Å². The zero-order valence-corrected chi connectivity index (χ0v) is 24.9. The number of rotatable bonds is 10. The van der Waals surface area contributed by atoms with E-state index in [1.165, 1.54) is 23.1 Å². The number of hydrazone groups is 1. The fourth-order valence-corrected chi connectivity index (χ4v) is 4.88. The van der Waals surface area contributed by atoms with Gasteiger partial charge in [-0.25, -0.2) is 10.4 Å². The summed E-state index contributed by atoms with van der Waals surface area (Å²) in [5.41, 5.74) is 10.5. The number of hydrogen-bond acceptors (Lipinski definition) is 7. The summed E-state index contributed by atoms with van der Waals surface area (Å²) in [6.45, 7) is 5.83. The van der Waals surface area contributed by atoms with Gasteiger partial charge in [0.1, 0.15) is 5.75 Å². The first-order valence-corrected chi connectivity index (χ1v) is 14.5. The van der Waals surface area contributed by atoms with E-state index in [4.69, 9.17) is 4.74 Å². The molecule has 0 atom stereocenters. The lowest BCUT2D eigenvalue weighted by molar-refractivity contribution is -0.118. The van der Waals surface area contributed by atoms with E-state index in [2.05, 4.69) is 33.1 Å². The zero-order valence-electron chi connectivity index (χ0n) is 24.0. The lowest BCUT2D eigenvalue weighted by Crippen LogP contribution is -2.20. The smallest absolute Gasteiger partial charge is 0.271 e. The second-order valence-corrected chi connectivity index (χ2v) is 10.9. The summed E-state index contributed by atoms with van der Waals surface area (Å²) in [6, 6.07) is 28.3. The normalized spacial score (nSPS) is 10.9. The lowest BCUT2D eigenvalue weighted by Gasteiger charge is -2.10. The number of aryl methyl sites for hydroxylation is 3. The monoisotopic (exact) mass is 589 g/mol. The number of nitrogens with one attached hydrogen (secondary N) is 3. The third-order valence-corrected chi connectivity index (χ3v) is 7.28. The number of amides is 2. The number of carbonyl (C=O) groups is 2. The highest BCUT2D eigenvalue weighted by Crippen LogP contribution is 2.27. The second kappa shape index (κ2) is 13.6. The summed E-state index contributed by atoms with van der Waals surface area (Å²) in [5.74, 6) is -0.0697. The molecular formula is C34H31N5O3S. The Bertz CT molecular complexity index is 1760. The molecule has 0 radical (unpaired) electrons. The highest BCUT2D eigenvalue weighted by Gasteiger charge is 2.09. The molecule has 5 rings (SSSR count). The van der Waals surface area contributed by atoms with Gasteiger partial charge in [0.05, 0.1) is 11.9 Å². The molecule has 0 bridgehead atoms. The highest BCUT2D eigenvalue weighted by molar-refractivity contribution is 7.14. The number of thiazole rings is 1. The molecule has 0 aliphatic heterocycles. The van der Waals surface area contributed by atoms with Gasteiger partial charge >= 0.3 is 0 Å². The standard InChI is InChI=1S/C34H31N5O3S/c1-22-8-15-28(16-9-22)36-34-38-31(21-43-34)26-11-13-27(14-12-26)33(41)39-35-19-25-5-4-6-29(18-25)42-20-32(40)37-30-17-23(2)7-10-24(30)3/h4-19,21H,20H2,1-3H3,(H,36,38)(H,37,40)(H,39,41)/b35-19+. The number of nitrogens with zero attached hydrogens (tertiary/aromatic N) is 2. The van der Waals surface area contributed by atoms with E-state index < -0.39 is 0 Å². The fraction of sp³-hybridized carbons (Fsp3) is 0.118. The highest BCUT2D eigenvalue weighted by atomic mass is 32.1. The molecule has 1 heterocycles. The first-order chi connectivity index (χ1) is 20.8. The van der Waals surface area contributed by atoms with Crippen LogP contribution in [0.5, 0.6) is 5.75 Å². The number of ether oxygens (including phenoxy) is 1. The molecule has 5 aromatic rings. The average molecular weight is 590 g/mol. The Morgan fingerprint density at radius 1 is 0.907 bits per heavy atom. The van der Waals surface area contributed by atoms with Crippen LogP contribution in [0.2, 0.25) is 0 Å². The molecule has 0 spiro atoms. The van der Waals surface area contributed by atoms with E-state index in [-0.39, 0.29) is 18.4 Å². The van der Waals surface area contributed by atoms with Gasteiger partial charge in [0.15, 0.2) is 11.7 Å². The molecule has 9 heteroatoms. The molecule has 2 amide bonds. The third-order valence-electron chi connectivity index (χ3n) is 6.52. The summed E-state index contributed by atoms with van der Waals surface area (Å²) < 4.78 is 5.66. The second-order valence-electron chi connectivity index (χ2n) is 10.0. The molecule has 3 N–H and O–H groups in total. The molecule has 0 aliphatic rings. The predicted molar refractivity (Wildman–Crippen MR) is 174 cm³/mol. The van der Waals surface area contributed by atoms with Gasteiger partial charge in [-0.1, -0.05) is 54.1 Å². The summed E-state index contributed by atoms with van der Waals surface area (Å²) in [4.78, 5) is 29.7. The number of carbonyl (C=O) groups excluding carboxylic acids is 2. The topological polar surface area (TPSA) is 105 Å². The van der Waals surface area contributed by atoms with Crippen molar-refractivity contribution in [2.24, 2.45) is 5.10 Å². The summed E-state index contributed by atoms with van der Waals surface area (Å²) in [6.07, 6.45) is 1.52. The van der Waals surface area contributed by atoms with Crippen molar-refractivity contribution in [2.45, 2.75) is 20.8 Å². The number of hydrogen-bond donors (Lipinski definition) is 3. The SMILES string of the molecule is Cc1ccc(Nc2nc(-c3ccc(C(=O)N/N=C/c4cccc(OCC(=O)Nc5cc(C)ccc5C)c4)cc3)cs2)cc1. The summed E-state index contributed by atoms with van der Waals surface area (Å²) in [7, 11) is 0. The van der Waals surface area contributed by atoms with Gasteiger partial charge in [0, 0.05) is 27.9 Å². The van der Waals surface area contributed by atoms with E-state index in [1.54, 1.807) is 30.3 Å². The van der Waals surface area contributed by atoms with Crippen molar-refractivity contribution in [1.82, 2.24) is 10.4 Å². The van der Waals surface area contributed by atoms with Gasteiger partial charge in [0.25, 0.3) is 11.8 Å². The van der Waals surface area contributed by atoms with E-state index in [0.29, 0.717) is 16.9 Å². The Morgan fingerprint density at radius 2 is 1.67 bits per heavy atom. The molecule has 0 saturated carbocycles. The van der Waals surface area contributed by atoms with Crippen molar-refractivity contribution in [3.63, 3.8) is 0 Å². The van der Waals surface area contributed by atoms with Crippen LogP contribution < -0.4 is 20.8 Å². The van der Waals surface area contributed by atoms with Crippen molar-refractivity contribution in [2.75, 3.05) is 17.2 Å². The largest absolute Gasteiger partial charge is 0.484 e. The maximum atomic E-state index is 12.6. The number of anilines is 3. The van der Waals surface area contributed by atoms with Crippen molar-refractivity contribution in [3.8, 4) is 17.0 Å². The minimum absolute atomic E-state index is 0.133. The molecule has 1 aromatic heterocycles. The van der Waals surface area contributed by atoms with Crippen LogP contribution in [-0.2, 0) is 4.79 Å². The molecule has 0 unspecified atom stereocenters. The van der Waals surface area contributed by atoms with Crippen LogP contribution in [0.15, 0.2) is 101 Å². The number of aromatic nitrogens is 1. The third kappa shape index (κ3) is 8.15. The molecule has 4 aromatic carbocycles. The van der Waals surface area contributed by atoms with Crippen LogP contribution in [0.4, 0.5) is 16.5 Å². The van der Waals surface area contributed by atoms with E-state index in [9.17, 15) is 9.59 Å². The van der Waals surface area contributed by atoms with Crippen LogP contribution >= 0.6 is 11.3 Å². The van der Waals surface area contributed by atoms with E-state index in [0.717, 1.165) is 38.9 Å². The summed E-state index contributed by atoms with van der Waals surface area (Å²) in [5, 5.41) is 13.0. The molecular weight excluding hydrogens is 558 g/mol. The molecule has 216 valence electrons. The van der Waals surface area contributed by atoms with Crippen LogP contribution in [0, 0.1) is 20.8 Å². The predicted octanol–water partition coefficient (Wildman–Crippen LogP) is 7.26. The Kier molecular flexibility index (Phi) is 9.23. The van der Waals surface area contributed by atoms with Crippen molar-refractivity contribution >= 4 is 45.9 Å². The Hall–Kier alpha value is -5.28. The van der Waals surface area contributed by atoms with E-state index in [1.807, 2.05) is 79.9 Å². The van der Waals surface area contributed by atoms with Gasteiger partial charge in [-0.15, -0.1) is 11.3 Å². The van der Waals surface area contributed by atoms with Crippen molar-refractivity contribution < 1.29 is 14.3 Å². The maximum Gasteiger partial charge on any atom is 0.271 e. The number of benzene rings is 4. The molecule has 43 heavy (non-hydrogen) atoms. The van der Waals surface area contributed by atoms with Crippen LogP contribution in [-0.4, -0.2) is 29.6 Å².